The number of unbranched alkanes of at least 4 members (excludes halogenated alkanes) is 8. The van der Waals surface area contributed by atoms with Crippen LogP contribution in [-0.4, -0.2) is 68.5 Å². The number of carbonyl (C=O) groups excluding carboxylic acids is 1. The molecule has 2 N–H and O–H groups in total. The largest absolute Gasteiger partial charge is 0.756 e. The van der Waals surface area contributed by atoms with E-state index in [0.717, 1.165) is 103 Å². The highest BCUT2D eigenvalue weighted by Gasteiger charge is 2.23. The fourth-order valence-corrected chi connectivity index (χ4v) is 6.49. The van der Waals surface area contributed by atoms with Gasteiger partial charge in [0, 0.05) is 6.42 Å². The first-order chi connectivity index (χ1) is 30.5. The van der Waals surface area contributed by atoms with Gasteiger partial charge in [0.15, 0.2) is 0 Å². The monoisotopic (exact) mass is 893 g/mol. The molecule has 8 nitrogen and oxygen atoms in total. The molecular weight excluding hydrogens is 804 g/mol. The van der Waals surface area contributed by atoms with Crippen molar-refractivity contribution in [1.29, 1.82) is 0 Å². The highest BCUT2D eigenvalue weighted by molar-refractivity contribution is 7.45. The number of carbonyl (C=O) groups is 1. The number of hydrogen-bond acceptors (Lipinski definition) is 6. The van der Waals surface area contributed by atoms with Crippen LogP contribution >= 0.6 is 7.82 Å². The Morgan fingerprint density at radius 2 is 0.984 bits per heavy atom. The van der Waals surface area contributed by atoms with Crippen molar-refractivity contribution in [2.24, 2.45) is 0 Å². The van der Waals surface area contributed by atoms with E-state index in [4.69, 9.17) is 9.05 Å². The lowest BCUT2D eigenvalue weighted by atomic mass is 10.1. The van der Waals surface area contributed by atoms with E-state index in [1.807, 2.05) is 27.2 Å². The van der Waals surface area contributed by atoms with Gasteiger partial charge < -0.3 is 28.8 Å². The topological polar surface area (TPSA) is 108 Å². The van der Waals surface area contributed by atoms with Gasteiger partial charge in [0.1, 0.15) is 13.2 Å². The van der Waals surface area contributed by atoms with Crippen molar-refractivity contribution in [3.8, 4) is 0 Å². The molecule has 3 atom stereocenters. The molecule has 356 valence electrons. The Morgan fingerprint density at radius 3 is 1.46 bits per heavy atom. The zero-order valence-corrected chi connectivity index (χ0v) is 41.1. The third-order valence-electron chi connectivity index (χ3n) is 9.57. The second kappa shape index (κ2) is 43.9. The van der Waals surface area contributed by atoms with Gasteiger partial charge in [-0.3, -0.25) is 9.36 Å². The van der Waals surface area contributed by atoms with Crippen molar-refractivity contribution >= 4 is 13.7 Å². The van der Waals surface area contributed by atoms with Gasteiger partial charge in [-0.2, -0.15) is 0 Å². The zero-order chi connectivity index (χ0) is 46.4. The summed E-state index contributed by atoms with van der Waals surface area (Å²) in [4.78, 5) is 25.3. The first kappa shape index (κ1) is 59.6. The van der Waals surface area contributed by atoms with Crippen molar-refractivity contribution in [2.45, 2.75) is 161 Å². The minimum atomic E-state index is -4.62. The maximum absolute atomic E-state index is 12.9. The smallest absolute Gasteiger partial charge is 0.268 e. The average molecular weight is 893 g/mol. The van der Waals surface area contributed by atoms with Crippen LogP contribution in [-0.2, 0) is 18.4 Å². The lowest BCUT2D eigenvalue weighted by Crippen LogP contribution is -2.45. The molecule has 0 bridgehead atoms. The molecule has 0 fully saturated rings. The van der Waals surface area contributed by atoms with Gasteiger partial charge in [0.25, 0.3) is 7.82 Å². The van der Waals surface area contributed by atoms with Gasteiger partial charge >= 0.3 is 0 Å². The van der Waals surface area contributed by atoms with Crippen LogP contribution in [0.4, 0.5) is 0 Å². The van der Waals surface area contributed by atoms with Crippen molar-refractivity contribution in [2.75, 3.05) is 40.9 Å². The van der Waals surface area contributed by atoms with Crippen LogP contribution in [0.1, 0.15) is 149 Å². The summed E-state index contributed by atoms with van der Waals surface area (Å²) in [7, 11) is 1.19. The number of rotatable bonds is 41. The third-order valence-corrected chi connectivity index (χ3v) is 10.5. The van der Waals surface area contributed by atoms with Gasteiger partial charge in [-0.15, -0.1) is 0 Å². The van der Waals surface area contributed by atoms with Crippen LogP contribution in [0.3, 0.4) is 0 Å². The summed E-state index contributed by atoms with van der Waals surface area (Å²) in [5.74, 6) is -0.245. The van der Waals surface area contributed by atoms with Crippen LogP contribution < -0.4 is 10.2 Å². The Bertz CT molecular complexity index is 1480. The molecule has 0 heterocycles. The Morgan fingerprint density at radius 1 is 0.571 bits per heavy atom. The molecule has 3 unspecified atom stereocenters. The predicted octanol–water partition coefficient (Wildman–Crippen LogP) is 13.4. The Labute approximate surface area is 386 Å². The molecular formula is C54H89N2O6P. The lowest BCUT2D eigenvalue weighted by molar-refractivity contribution is -0.870. The van der Waals surface area contributed by atoms with Gasteiger partial charge in [-0.25, -0.2) is 0 Å². The molecule has 0 aromatic carbocycles. The number of nitrogens with zero attached hydrogens (tertiary/aromatic N) is 1. The fraction of sp³-hybridized carbons (Fsp3) is 0.574. The van der Waals surface area contributed by atoms with Crippen LogP contribution in [0.25, 0.3) is 0 Å². The molecule has 0 spiro atoms. The molecule has 0 aliphatic carbocycles. The Balaban J connectivity index is 4.39. The predicted molar refractivity (Wildman–Crippen MR) is 269 cm³/mol. The molecule has 0 aromatic heterocycles. The maximum Gasteiger partial charge on any atom is 0.268 e. The first-order valence-electron chi connectivity index (χ1n) is 24.0. The van der Waals surface area contributed by atoms with E-state index in [2.05, 4.69) is 141 Å². The van der Waals surface area contributed by atoms with E-state index in [1.165, 1.54) is 12.8 Å². The molecule has 0 aliphatic heterocycles. The molecule has 0 rings (SSSR count). The number of phosphoric acid groups is 1. The summed E-state index contributed by atoms with van der Waals surface area (Å²) in [5, 5.41) is 13.7. The molecule has 63 heavy (non-hydrogen) atoms. The SMILES string of the molecule is CC/C=C\C/C=C\C/C=C\C/C=C\C/C=C\C/C=C\C/C=C\C/C=C\CCCCCCC(=O)NC(COP(=O)([O-])OCC[N+](C)(C)C)C(O)/C=C/CC/C=C/CC/C=C/CCCC. The molecule has 0 saturated carbocycles. The van der Waals surface area contributed by atoms with E-state index in [9.17, 15) is 19.4 Å². The number of allylic oxidation sites excluding steroid dienone is 21. The summed E-state index contributed by atoms with van der Waals surface area (Å²) in [5.41, 5.74) is 0. The molecule has 9 heteroatoms. The summed E-state index contributed by atoms with van der Waals surface area (Å²) in [6.07, 6.45) is 66.6. The number of likely N-dealkylation sites (N-methyl/N-ethyl adjacent to an activating group) is 1. The summed E-state index contributed by atoms with van der Waals surface area (Å²) in [6, 6.07) is -0.933. The molecule has 0 saturated heterocycles. The second-order valence-electron chi connectivity index (χ2n) is 16.7. The third kappa shape index (κ3) is 46.4. The Hall–Kier alpha value is -3.36. The second-order valence-corrected chi connectivity index (χ2v) is 18.1. The summed E-state index contributed by atoms with van der Waals surface area (Å²) in [6.45, 7) is 4.39. The van der Waals surface area contributed by atoms with Gasteiger partial charge in [0.05, 0.1) is 39.9 Å². The normalized spacial score (nSPS) is 15.3. The van der Waals surface area contributed by atoms with Crippen molar-refractivity contribution in [3.05, 3.63) is 134 Å². The molecule has 1 amide bonds. The average Bonchev–Trinajstić information content (AvgIpc) is 3.24. The number of hydrogen-bond donors (Lipinski definition) is 2. The maximum atomic E-state index is 12.9. The minimum Gasteiger partial charge on any atom is -0.756 e. The number of aliphatic hydroxyl groups excluding tert-OH is 1. The number of phosphoric ester groups is 1. The standard InChI is InChI=1S/C54H89N2O6P/c1-6-8-10-12-14-16-18-20-21-22-23-24-25-26-27-28-29-30-31-32-33-34-35-36-38-40-42-44-46-48-54(58)55-52(51-62-63(59,60)61-50-49-56(3,4)5)53(57)47-45-43-41-39-37-19-17-15-13-11-9-7-2/h8,10,13-16,20-21,23-24,26-27,29-30,32-33,35-37,39,45,47,52-53,57H,6-7,9,11-12,17-19,22,25,28,31,34,38,40-44,46,48-51H2,1-5H3,(H-,55,58,59,60)/b10-8-,15-13+,16-14-,21-20-,24-23-,27-26-,30-29-,33-32-,36-35-,39-37+,47-45+. The molecule has 0 radical (unpaired) electrons. The summed E-state index contributed by atoms with van der Waals surface area (Å²) >= 11 is 0. The van der Waals surface area contributed by atoms with Crippen LogP contribution in [0.15, 0.2) is 134 Å². The van der Waals surface area contributed by atoms with Crippen molar-refractivity contribution in [1.82, 2.24) is 5.32 Å². The molecule has 0 aromatic rings. The number of nitrogens with one attached hydrogen (secondary N) is 1. The number of amides is 1. The first-order valence-corrected chi connectivity index (χ1v) is 25.5. The van der Waals surface area contributed by atoms with E-state index in [-0.39, 0.29) is 18.9 Å². The zero-order valence-electron chi connectivity index (χ0n) is 40.2. The molecule has 0 aliphatic rings. The minimum absolute atomic E-state index is 0.0228. The quantitative estimate of drug-likeness (QED) is 0.0274. The van der Waals surface area contributed by atoms with Gasteiger partial charge in [0.2, 0.25) is 5.91 Å². The van der Waals surface area contributed by atoms with E-state index >= 15 is 0 Å². The van der Waals surface area contributed by atoms with Crippen molar-refractivity contribution in [3.63, 3.8) is 0 Å². The lowest BCUT2D eigenvalue weighted by Gasteiger charge is -2.29. The fourth-order valence-electron chi connectivity index (χ4n) is 5.77. The van der Waals surface area contributed by atoms with Crippen LogP contribution in [0.2, 0.25) is 0 Å². The van der Waals surface area contributed by atoms with E-state index in [0.29, 0.717) is 23.9 Å². The van der Waals surface area contributed by atoms with Gasteiger partial charge in [-0.05, 0) is 103 Å². The van der Waals surface area contributed by atoms with E-state index < -0.39 is 26.6 Å². The van der Waals surface area contributed by atoms with Gasteiger partial charge in [-0.1, -0.05) is 173 Å². The van der Waals surface area contributed by atoms with Crippen LogP contribution in [0, 0.1) is 0 Å². The highest BCUT2D eigenvalue weighted by Crippen LogP contribution is 2.38. The summed E-state index contributed by atoms with van der Waals surface area (Å²) < 4.78 is 23.1. The number of aliphatic hydroxyl groups is 1. The number of quaternary nitrogens is 1. The van der Waals surface area contributed by atoms with E-state index in [1.54, 1.807) is 6.08 Å². The van der Waals surface area contributed by atoms with Crippen molar-refractivity contribution < 1.29 is 32.9 Å². The van der Waals surface area contributed by atoms with Crippen LogP contribution in [0.5, 0.6) is 0 Å². The Kier molecular flexibility index (Phi) is 41.5. The highest BCUT2D eigenvalue weighted by atomic mass is 31.2.